The van der Waals surface area contributed by atoms with Crippen LogP contribution in [-0.2, 0) is 0 Å². The number of rotatable bonds is 8. The SMILES string of the molecule is CCOc1cc(C=Nn2c(-c3cc4cc(Br)ccc4o3)nc3ccccc3c2=O)ccc1O[C@@H](C)CC. The third-order valence-corrected chi connectivity index (χ3v) is 6.44. The molecule has 5 aromatic rings. The molecule has 0 N–H and O–H groups in total. The maximum Gasteiger partial charge on any atom is 0.282 e. The van der Waals surface area contributed by atoms with Crippen LogP contribution in [0.5, 0.6) is 11.5 Å². The third-order valence-electron chi connectivity index (χ3n) is 5.95. The standard InChI is InChI=1S/C29H26BrN3O4/c1-4-18(3)36-25-12-10-19(14-26(25)35-5-2)17-31-33-28(32-23-9-7-6-8-22(23)29(33)34)27-16-20-15-21(30)11-13-24(20)37-27/h6-18H,4-5H2,1-3H3/t18-/m0/s1. The minimum absolute atomic E-state index is 0.0629. The molecule has 0 amide bonds. The lowest BCUT2D eigenvalue weighted by atomic mass is 10.2. The van der Waals surface area contributed by atoms with E-state index in [1.807, 2.05) is 68.4 Å². The first kappa shape index (κ1) is 24.8. The van der Waals surface area contributed by atoms with Crippen LogP contribution in [0.1, 0.15) is 32.8 Å². The number of benzene rings is 3. The number of halogens is 1. The van der Waals surface area contributed by atoms with E-state index in [-0.39, 0.29) is 11.7 Å². The molecule has 0 spiro atoms. The molecule has 0 aliphatic heterocycles. The summed E-state index contributed by atoms with van der Waals surface area (Å²) in [5.41, 5.74) is 1.72. The molecule has 2 heterocycles. The van der Waals surface area contributed by atoms with Crippen LogP contribution >= 0.6 is 15.9 Å². The highest BCUT2D eigenvalue weighted by molar-refractivity contribution is 9.10. The summed E-state index contributed by atoms with van der Waals surface area (Å²) >= 11 is 3.49. The maximum absolute atomic E-state index is 13.5. The first-order chi connectivity index (χ1) is 18.0. The molecule has 0 unspecified atom stereocenters. The molecule has 37 heavy (non-hydrogen) atoms. The second-order valence-corrected chi connectivity index (χ2v) is 9.50. The van der Waals surface area contributed by atoms with Gasteiger partial charge in [0.1, 0.15) is 5.58 Å². The van der Waals surface area contributed by atoms with Crippen molar-refractivity contribution in [1.29, 1.82) is 0 Å². The van der Waals surface area contributed by atoms with Crippen LogP contribution in [0.4, 0.5) is 0 Å². The van der Waals surface area contributed by atoms with Crippen molar-refractivity contribution in [3.05, 3.63) is 87.1 Å². The Morgan fingerprint density at radius 1 is 1.08 bits per heavy atom. The number of fused-ring (bicyclic) bond motifs is 2. The minimum atomic E-state index is -0.291. The van der Waals surface area contributed by atoms with E-state index in [9.17, 15) is 4.79 Å². The van der Waals surface area contributed by atoms with Crippen molar-refractivity contribution >= 4 is 44.0 Å². The zero-order valence-corrected chi connectivity index (χ0v) is 22.4. The zero-order chi connectivity index (χ0) is 25.9. The third kappa shape index (κ3) is 5.15. The van der Waals surface area contributed by atoms with E-state index in [1.54, 1.807) is 18.3 Å². The summed E-state index contributed by atoms with van der Waals surface area (Å²) < 4.78 is 20.1. The van der Waals surface area contributed by atoms with Gasteiger partial charge >= 0.3 is 0 Å². The Morgan fingerprint density at radius 2 is 1.92 bits per heavy atom. The van der Waals surface area contributed by atoms with E-state index in [4.69, 9.17) is 18.9 Å². The average Bonchev–Trinajstić information content (AvgIpc) is 3.32. The molecule has 0 saturated carbocycles. The fraction of sp³-hybridized carbons (Fsp3) is 0.207. The van der Waals surface area contributed by atoms with E-state index in [2.05, 4.69) is 28.0 Å². The zero-order valence-electron chi connectivity index (χ0n) is 20.8. The Kier molecular flexibility index (Phi) is 7.10. The summed E-state index contributed by atoms with van der Waals surface area (Å²) in [6, 6.07) is 20.4. The molecule has 0 fully saturated rings. The van der Waals surface area contributed by atoms with Crippen molar-refractivity contribution in [2.24, 2.45) is 5.10 Å². The van der Waals surface area contributed by atoms with Crippen molar-refractivity contribution in [2.75, 3.05) is 6.61 Å². The van der Waals surface area contributed by atoms with Crippen molar-refractivity contribution in [3.63, 3.8) is 0 Å². The summed E-state index contributed by atoms with van der Waals surface area (Å²) in [6.45, 7) is 6.51. The maximum atomic E-state index is 13.5. The van der Waals surface area contributed by atoms with Gasteiger partial charge in [-0.3, -0.25) is 4.79 Å². The van der Waals surface area contributed by atoms with Gasteiger partial charge in [0.25, 0.3) is 5.56 Å². The fourth-order valence-electron chi connectivity index (χ4n) is 3.91. The average molecular weight is 560 g/mol. The fourth-order valence-corrected chi connectivity index (χ4v) is 4.29. The van der Waals surface area contributed by atoms with Gasteiger partial charge in [0.2, 0.25) is 5.82 Å². The van der Waals surface area contributed by atoms with Gasteiger partial charge in [0.05, 0.1) is 29.8 Å². The number of hydrogen-bond donors (Lipinski definition) is 0. The van der Waals surface area contributed by atoms with Crippen LogP contribution in [0.3, 0.4) is 0 Å². The number of ether oxygens (including phenoxy) is 2. The van der Waals surface area contributed by atoms with Gasteiger partial charge in [-0.25, -0.2) is 4.98 Å². The predicted molar refractivity (Wildman–Crippen MR) is 150 cm³/mol. The van der Waals surface area contributed by atoms with Gasteiger partial charge < -0.3 is 13.9 Å². The number of hydrogen-bond acceptors (Lipinski definition) is 6. The van der Waals surface area contributed by atoms with Gasteiger partial charge in [-0.05, 0) is 80.4 Å². The molecule has 8 heteroatoms. The van der Waals surface area contributed by atoms with Crippen LogP contribution in [0.2, 0.25) is 0 Å². The Morgan fingerprint density at radius 3 is 2.73 bits per heavy atom. The second-order valence-electron chi connectivity index (χ2n) is 8.58. The molecule has 0 radical (unpaired) electrons. The molecule has 1 atom stereocenters. The van der Waals surface area contributed by atoms with Gasteiger partial charge in [-0.15, -0.1) is 0 Å². The largest absolute Gasteiger partial charge is 0.490 e. The summed E-state index contributed by atoms with van der Waals surface area (Å²) in [7, 11) is 0. The van der Waals surface area contributed by atoms with E-state index < -0.39 is 0 Å². The molecule has 3 aromatic carbocycles. The lowest BCUT2D eigenvalue weighted by Crippen LogP contribution is -2.20. The number of nitrogens with zero attached hydrogens (tertiary/aromatic N) is 3. The molecule has 0 bridgehead atoms. The van der Waals surface area contributed by atoms with Crippen LogP contribution in [0, 0.1) is 0 Å². The molecule has 0 aliphatic carbocycles. The monoisotopic (exact) mass is 559 g/mol. The van der Waals surface area contributed by atoms with E-state index in [0.29, 0.717) is 46.2 Å². The highest BCUT2D eigenvalue weighted by Gasteiger charge is 2.17. The smallest absolute Gasteiger partial charge is 0.282 e. The molecule has 188 valence electrons. The lowest BCUT2D eigenvalue weighted by molar-refractivity contribution is 0.203. The molecule has 7 nitrogen and oxygen atoms in total. The molecular formula is C29H26BrN3O4. The Labute approximate surface area is 222 Å². The summed E-state index contributed by atoms with van der Waals surface area (Å²) in [5, 5.41) is 5.91. The summed E-state index contributed by atoms with van der Waals surface area (Å²) in [5.74, 6) is 2.06. The van der Waals surface area contributed by atoms with Crippen molar-refractivity contribution in [1.82, 2.24) is 9.66 Å². The van der Waals surface area contributed by atoms with Gasteiger partial charge in [0.15, 0.2) is 17.3 Å². The van der Waals surface area contributed by atoms with Crippen molar-refractivity contribution in [2.45, 2.75) is 33.3 Å². The van der Waals surface area contributed by atoms with E-state index >= 15 is 0 Å². The number of aromatic nitrogens is 2. The van der Waals surface area contributed by atoms with Crippen molar-refractivity contribution in [3.8, 4) is 23.1 Å². The highest BCUT2D eigenvalue weighted by atomic mass is 79.9. The minimum Gasteiger partial charge on any atom is -0.490 e. The van der Waals surface area contributed by atoms with Crippen molar-refractivity contribution < 1.29 is 13.9 Å². The first-order valence-electron chi connectivity index (χ1n) is 12.2. The predicted octanol–water partition coefficient (Wildman–Crippen LogP) is 7.03. The van der Waals surface area contributed by atoms with E-state index in [0.717, 1.165) is 21.8 Å². The Hall–Kier alpha value is -3.91. The Balaban J connectivity index is 1.61. The molecule has 5 rings (SSSR count). The molecule has 0 saturated heterocycles. The lowest BCUT2D eigenvalue weighted by Gasteiger charge is -2.16. The second kappa shape index (κ2) is 10.6. The van der Waals surface area contributed by atoms with Crippen LogP contribution in [0.15, 0.2) is 85.5 Å². The molecule has 0 aliphatic rings. The van der Waals surface area contributed by atoms with Gasteiger partial charge in [-0.2, -0.15) is 9.78 Å². The number of furan rings is 1. The normalized spacial score (nSPS) is 12.4. The topological polar surface area (TPSA) is 78.9 Å². The highest BCUT2D eigenvalue weighted by Crippen LogP contribution is 2.31. The van der Waals surface area contributed by atoms with Crippen LogP contribution < -0.4 is 15.0 Å². The summed E-state index contributed by atoms with van der Waals surface area (Å²) in [6.07, 6.45) is 2.55. The van der Waals surface area contributed by atoms with E-state index in [1.165, 1.54) is 4.68 Å². The van der Waals surface area contributed by atoms with Crippen LogP contribution in [0.25, 0.3) is 33.5 Å². The van der Waals surface area contributed by atoms with Gasteiger partial charge in [0, 0.05) is 9.86 Å². The first-order valence-corrected chi connectivity index (χ1v) is 12.9. The Bertz CT molecular complexity index is 1670. The molecule has 2 aromatic heterocycles. The number of para-hydroxylation sites is 1. The molecular weight excluding hydrogens is 534 g/mol. The summed E-state index contributed by atoms with van der Waals surface area (Å²) in [4.78, 5) is 18.2. The quantitative estimate of drug-likeness (QED) is 0.191. The van der Waals surface area contributed by atoms with Crippen LogP contribution in [-0.4, -0.2) is 28.6 Å². The van der Waals surface area contributed by atoms with Gasteiger partial charge in [-0.1, -0.05) is 35.0 Å².